The van der Waals surface area contributed by atoms with Gasteiger partial charge in [0.25, 0.3) is 0 Å². The Morgan fingerprint density at radius 1 is 1.17 bits per heavy atom. The highest BCUT2D eigenvalue weighted by molar-refractivity contribution is 5.86. The lowest BCUT2D eigenvalue weighted by molar-refractivity contribution is 0.0594. The summed E-state index contributed by atoms with van der Waals surface area (Å²) in [7, 11) is 1.32. The maximum atomic E-state index is 12.7. The molecular formula is C14H12FNO2. The third-order valence-electron chi connectivity index (χ3n) is 2.54. The van der Waals surface area contributed by atoms with Gasteiger partial charge in [-0.2, -0.15) is 0 Å². The molecule has 18 heavy (non-hydrogen) atoms. The number of nitrogens with zero attached hydrogens (tertiary/aromatic N) is 1. The molecule has 0 unspecified atom stereocenters. The van der Waals surface area contributed by atoms with Gasteiger partial charge in [-0.3, -0.25) is 0 Å². The van der Waals surface area contributed by atoms with Crippen molar-refractivity contribution in [3.63, 3.8) is 0 Å². The summed E-state index contributed by atoms with van der Waals surface area (Å²) in [5.41, 5.74) is 2.22. The molecular weight excluding hydrogens is 233 g/mol. The zero-order valence-electron chi connectivity index (χ0n) is 9.89. The van der Waals surface area contributed by atoms with E-state index in [1.807, 2.05) is 6.07 Å². The molecule has 0 radical (unpaired) electrons. The number of carbonyl (C=O) groups is 1. The van der Waals surface area contributed by atoms with Crippen LogP contribution in [0.1, 0.15) is 21.6 Å². The number of rotatable bonds is 3. The van der Waals surface area contributed by atoms with Gasteiger partial charge < -0.3 is 4.74 Å². The molecule has 0 aliphatic carbocycles. The van der Waals surface area contributed by atoms with Gasteiger partial charge in [-0.15, -0.1) is 0 Å². The SMILES string of the molecule is COC(=O)c1ccc(Cc2ccc(F)cc2)cn1. The quantitative estimate of drug-likeness (QED) is 0.780. The van der Waals surface area contributed by atoms with Crippen LogP contribution in [0.3, 0.4) is 0 Å². The van der Waals surface area contributed by atoms with Crippen molar-refractivity contribution in [2.45, 2.75) is 6.42 Å². The Bertz CT molecular complexity index is 535. The van der Waals surface area contributed by atoms with Gasteiger partial charge in [0, 0.05) is 6.20 Å². The minimum atomic E-state index is -0.455. The zero-order chi connectivity index (χ0) is 13.0. The number of hydrogen-bond donors (Lipinski definition) is 0. The summed E-state index contributed by atoms with van der Waals surface area (Å²) in [6, 6.07) is 9.72. The fraction of sp³-hybridized carbons (Fsp3) is 0.143. The van der Waals surface area contributed by atoms with Gasteiger partial charge in [0.1, 0.15) is 11.5 Å². The molecule has 1 aromatic carbocycles. The Hall–Kier alpha value is -2.23. The number of methoxy groups -OCH3 is 1. The van der Waals surface area contributed by atoms with Crippen LogP contribution in [-0.2, 0) is 11.2 Å². The van der Waals surface area contributed by atoms with E-state index in [4.69, 9.17) is 0 Å². The monoisotopic (exact) mass is 245 g/mol. The number of esters is 1. The Kier molecular flexibility index (Phi) is 3.67. The van der Waals surface area contributed by atoms with Crippen molar-refractivity contribution < 1.29 is 13.9 Å². The van der Waals surface area contributed by atoms with Gasteiger partial charge in [-0.05, 0) is 35.7 Å². The number of aromatic nitrogens is 1. The van der Waals surface area contributed by atoms with E-state index in [-0.39, 0.29) is 11.5 Å². The summed E-state index contributed by atoms with van der Waals surface area (Å²) >= 11 is 0. The molecule has 2 aromatic rings. The molecule has 0 amide bonds. The Balaban J connectivity index is 2.10. The molecule has 0 saturated heterocycles. The molecule has 0 aliphatic rings. The molecule has 0 atom stereocenters. The van der Waals surface area contributed by atoms with Crippen LogP contribution in [0, 0.1) is 5.82 Å². The molecule has 0 saturated carbocycles. The van der Waals surface area contributed by atoms with Crippen LogP contribution in [0.2, 0.25) is 0 Å². The van der Waals surface area contributed by atoms with Crippen LogP contribution >= 0.6 is 0 Å². The Morgan fingerprint density at radius 2 is 1.83 bits per heavy atom. The van der Waals surface area contributed by atoms with Crippen LogP contribution in [0.25, 0.3) is 0 Å². The molecule has 92 valence electrons. The number of ether oxygens (including phenoxy) is 1. The summed E-state index contributed by atoms with van der Waals surface area (Å²) < 4.78 is 17.3. The van der Waals surface area contributed by atoms with Gasteiger partial charge in [-0.1, -0.05) is 18.2 Å². The van der Waals surface area contributed by atoms with E-state index in [0.717, 1.165) is 11.1 Å². The first-order valence-corrected chi connectivity index (χ1v) is 5.47. The molecule has 0 fully saturated rings. The summed E-state index contributed by atoms with van der Waals surface area (Å²) in [4.78, 5) is 15.2. The van der Waals surface area contributed by atoms with E-state index in [1.165, 1.54) is 19.2 Å². The number of pyridine rings is 1. The minimum absolute atomic E-state index is 0.252. The summed E-state index contributed by atoms with van der Waals surface area (Å²) in [5.74, 6) is -0.707. The lowest BCUT2D eigenvalue weighted by Gasteiger charge is -2.03. The smallest absolute Gasteiger partial charge is 0.356 e. The Labute approximate surface area is 104 Å². The van der Waals surface area contributed by atoms with Crippen LogP contribution in [-0.4, -0.2) is 18.1 Å². The van der Waals surface area contributed by atoms with Crippen molar-refractivity contribution in [2.75, 3.05) is 7.11 Å². The number of carbonyl (C=O) groups excluding carboxylic acids is 1. The molecule has 3 nitrogen and oxygen atoms in total. The lowest BCUT2D eigenvalue weighted by Crippen LogP contribution is -2.04. The van der Waals surface area contributed by atoms with Crippen LogP contribution in [0.5, 0.6) is 0 Å². The Morgan fingerprint density at radius 3 is 2.39 bits per heavy atom. The maximum Gasteiger partial charge on any atom is 0.356 e. The highest BCUT2D eigenvalue weighted by Gasteiger charge is 2.06. The van der Waals surface area contributed by atoms with Crippen molar-refractivity contribution in [3.05, 3.63) is 65.2 Å². The molecule has 0 bridgehead atoms. The van der Waals surface area contributed by atoms with Crippen molar-refractivity contribution >= 4 is 5.97 Å². The normalized spacial score (nSPS) is 10.1. The molecule has 1 aromatic heterocycles. The summed E-state index contributed by atoms with van der Waals surface area (Å²) in [6.45, 7) is 0. The predicted octanol–water partition coefficient (Wildman–Crippen LogP) is 2.60. The second-order valence-corrected chi connectivity index (χ2v) is 3.85. The highest BCUT2D eigenvalue weighted by Crippen LogP contribution is 2.10. The first-order chi connectivity index (χ1) is 8.69. The van der Waals surface area contributed by atoms with Crippen LogP contribution in [0.4, 0.5) is 4.39 Å². The fourth-order valence-electron chi connectivity index (χ4n) is 1.59. The number of benzene rings is 1. The molecule has 0 spiro atoms. The van der Waals surface area contributed by atoms with Crippen molar-refractivity contribution in [1.29, 1.82) is 0 Å². The fourth-order valence-corrected chi connectivity index (χ4v) is 1.59. The first kappa shape index (κ1) is 12.2. The third kappa shape index (κ3) is 2.91. The molecule has 0 N–H and O–H groups in total. The van der Waals surface area contributed by atoms with E-state index >= 15 is 0 Å². The first-order valence-electron chi connectivity index (χ1n) is 5.47. The van der Waals surface area contributed by atoms with E-state index in [9.17, 15) is 9.18 Å². The molecule has 2 rings (SSSR count). The molecule has 0 aliphatic heterocycles. The highest BCUT2D eigenvalue weighted by atomic mass is 19.1. The third-order valence-corrected chi connectivity index (χ3v) is 2.54. The average Bonchev–Trinajstić information content (AvgIpc) is 2.41. The van der Waals surface area contributed by atoms with Crippen molar-refractivity contribution in [1.82, 2.24) is 4.98 Å². The van der Waals surface area contributed by atoms with Gasteiger partial charge in [0.15, 0.2) is 0 Å². The minimum Gasteiger partial charge on any atom is -0.464 e. The van der Waals surface area contributed by atoms with E-state index < -0.39 is 5.97 Å². The van der Waals surface area contributed by atoms with Crippen molar-refractivity contribution in [2.24, 2.45) is 0 Å². The van der Waals surface area contributed by atoms with Gasteiger partial charge >= 0.3 is 5.97 Å². The largest absolute Gasteiger partial charge is 0.464 e. The number of halogens is 1. The van der Waals surface area contributed by atoms with E-state index in [2.05, 4.69) is 9.72 Å². The van der Waals surface area contributed by atoms with Crippen LogP contribution in [0.15, 0.2) is 42.6 Å². The second-order valence-electron chi connectivity index (χ2n) is 3.85. The van der Waals surface area contributed by atoms with Gasteiger partial charge in [0.05, 0.1) is 7.11 Å². The van der Waals surface area contributed by atoms with Gasteiger partial charge in [-0.25, -0.2) is 14.2 Å². The molecule has 1 heterocycles. The van der Waals surface area contributed by atoms with E-state index in [0.29, 0.717) is 6.42 Å². The lowest BCUT2D eigenvalue weighted by atomic mass is 10.1. The maximum absolute atomic E-state index is 12.7. The van der Waals surface area contributed by atoms with E-state index in [1.54, 1.807) is 24.4 Å². The number of hydrogen-bond acceptors (Lipinski definition) is 3. The van der Waals surface area contributed by atoms with Gasteiger partial charge in [0.2, 0.25) is 0 Å². The van der Waals surface area contributed by atoms with Crippen LogP contribution < -0.4 is 0 Å². The second kappa shape index (κ2) is 5.40. The topological polar surface area (TPSA) is 39.2 Å². The zero-order valence-corrected chi connectivity index (χ0v) is 9.89. The predicted molar refractivity (Wildman–Crippen MR) is 64.8 cm³/mol. The summed E-state index contributed by atoms with van der Waals surface area (Å²) in [5, 5.41) is 0. The standard InChI is InChI=1S/C14H12FNO2/c1-18-14(17)13-7-4-11(9-16-13)8-10-2-5-12(15)6-3-10/h2-7,9H,8H2,1H3. The molecule has 4 heteroatoms. The summed E-state index contributed by atoms with van der Waals surface area (Å²) in [6.07, 6.45) is 2.27. The average molecular weight is 245 g/mol. The van der Waals surface area contributed by atoms with Crippen molar-refractivity contribution in [3.8, 4) is 0 Å².